The van der Waals surface area contributed by atoms with Crippen LogP contribution in [0.3, 0.4) is 0 Å². The second-order valence-corrected chi connectivity index (χ2v) is 11.3. The van der Waals surface area contributed by atoms with Crippen molar-refractivity contribution in [1.82, 2.24) is 24.8 Å². The van der Waals surface area contributed by atoms with Gasteiger partial charge in [0.15, 0.2) is 0 Å². The summed E-state index contributed by atoms with van der Waals surface area (Å²) in [7, 11) is 2.15. The van der Waals surface area contributed by atoms with E-state index in [0.29, 0.717) is 11.1 Å². The summed E-state index contributed by atoms with van der Waals surface area (Å²) in [6.45, 7) is 14.2. The van der Waals surface area contributed by atoms with Crippen molar-refractivity contribution in [3.63, 3.8) is 0 Å². The third kappa shape index (κ3) is 5.41. The smallest absolute Gasteiger partial charge is 0.255 e. The number of amides is 1. The number of aryl methyl sites for hydroxylation is 3. The minimum absolute atomic E-state index is 0.0893. The van der Waals surface area contributed by atoms with Crippen LogP contribution in [0, 0.1) is 13.8 Å². The third-order valence-electron chi connectivity index (χ3n) is 8.07. The van der Waals surface area contributed by atoms with Gasteiger partial charge in [-0.1, -0.05) is 6.92 Å². The average molecular weight is 541 g/mol. The number of pyridine rings is 2. The number of carbonyl (C=O) groups excluding carboxylic acids is 1. The molecule has 1 amide bonds. The lowest BCUT2D eigenvalue weighted by Gasteiger charge is -2.33. The van der Waals surface area contributed by atoms with Crippen LogP contribution in [0.5, 0.6) is 0 Å². The van der Waals surface area contributed by atoms with Crippen molar-refractivity contribution in [1.29, 1.82) is 0 Å². The molecule has 5 rings (SSSR count). The Kier molecular flexibility index (Phi) is 7.81. The van der Waals surface area contributed by atoms with Gasteiger partial charge < -0.3 is 24.7 Å². The highest BCUT2D eigenvalue weighted by Crippen LogP contribution is 2.31. The second kappa shape index (κ2) is 11.3. The molecule has 0 atom stereocenters. The number of H-pyrrole nitrogens is 2. The predicted octanol–water partition coefficient (Wildman–Crippen LogP) is 4.90. The maximum atomic E-state index is 14.3. The molecular weight excluding hydrogens is 500 g/mol. The number of benzene rings is 1. The van der Waals surface area contributed by atoms with Crippen LogP contribution >= 0.6 is 0 Å². The van der Waals surface area contributed by atoms with Crippen molar-refractivity contribution >= 4 is 22.6 Å². The number of anilines is 1. The first-order valence-electron chi connectivity index (χ1n) is 14.2. The van der Waals surface area contributed by atoms with Gasteiger partial charge >= 0.3 is 0 Å². The summed E-state index contributed by atoms with van der Waals surface area (Å²) in [4.78, 5) is 44.7. The summed E-state index contributed by atoms with van der Waals surface area (Å²) in [6, 6.07) is 10.1. The number of aromatic nitrogens is 3. The van der Waals surface area contributed by atoms with E-state index in [9.17, 15) is 9.59 Å². The largest absolute Gasteiger partial charge is 0.361 e. The number of hydrogen-bond acceptors (Lipinski definition) is 5. The van der Waals surface area contributed by atoms with E-state index < -0.39 is 0 Å². The maximum Gasteiger partial charge on any atom is 0.255 e. The number of carbonyl (C=O) groups is 1. The standard InChI is InChI=1S/C32H40N6O2/c1-7-23-14-22(5)35-31(39)27(23)19-38(20(2)3)32(40)26-15-25(16-28-30(26)21(4)17-33-28)24-8-9-29(34-18-24)37-12-10-36(6)11-13-37/h8-9,14-18,20,33H,7,10-13,19H2,1-6H3,(H,35,39). The number of nitrogens with zero attached hydrogens (tertiary/aromatic N) is 4. The minimum atomic E-state index is -0.126. The second-order valence-electron chi connectivity index (χ2n) is 11.3. The number of aromatic amines is 2. The Morgan fingerprint density at radius 2 is 1.82 bits per heavy atom. The molecule has 40 heavy (non-hydrogen) atoms. The summed E-state index contributed by atoms with van der Waals surface area (Å²) >= 11 is 0. The van der Waals surface area contributed by atoms with Gasteiger partial charge in [-0.2, -0.15) is 0 Å². The molecule has 0 saturated carbocycles. The molecule has 210 valence electrons. The normalized spacial score (nSPS) is 14.3. The zero-order chi connectivity index (χ0) is 28.6. The molecule has 0 aliphatic carbocycles. The molecule has 3 aromatic heterocycles. The van der Waals surface area contributed by atoms with Crippen molar-refractivity contribution < 1.29 is 4.79 Å². The number of fused-ring (bicyclic) bond motifs is 1. The van der Waals surface area contributed by atoms with Crippen molar-refractivity contribution in [2.45, 2.75) is 53.6 Å². The van der Waals surface area contributed by atoms with Gasteiger partial charge in [-0.05, 0) is 88.2 Å². The van der Waals surface area contributed by atoms with Gasteiger partial charge in [0.2, 0.25) is 0 Å². The Balaban J connectivity index is 1.52. The average Bonchev–Trinajstić information content (AvgIpc) is 3.32. The van der Waals surface area contributed by atoms with Gasteiger partial charge in [-0.3, -0.25) is 9.59 Å². The Hall–Kier alpha value is -3.91. The number of nitrogens with one attached hydrogen (secondary N) is 2. The van der Waals surface area contributed by atoms with Gasteiger partial charge in [0.25, 0.3) is 11.5 Å². The number of piperazine rings is 1. The highest BCUT2D eigenvalue weighted by Gasteiger charge is 2.25. The van der Waals surface area contributed by atoms with Crippen molar-refractivity contribution in [3.8, 4) is 11.1 Å². The van der Waals surface area contributed by atoms with Crippen LogP contribution in [0.1, 0.15) is 53.5 Å². The fourth-order valence-electron chi connectivity index (χ4n) is 5.64. The maximum absolute atomic E-state index is 14.3. The highest BCUT2D eigenvalue weighted by atomic mass is 16.2. The molecule has 8 heteroatoms. The van der Waals surface area contributed by atoms with Crippen LogP contribution in [-0.4, -0.2) is 69.9 Å². The Morgan fingerprint density at radius 1 is 1.07 bits per heavy atom. The topological polar surface area (TPSA) is 88.3 Å². The van der Waals surface area contributed by atoms with E-state index in [1.165, 1.54) is 0 Å². The molecule has 1 aliphatic rings. The molecule has 4 heterocycles. The summed E-state index contributed by atoms with van der Waals surface area (Å²) < 4.78 is 0. The number of rotatable bonds is 7. The van der Waals surface area contributed by atoms with E-state index in [1.54, 1.807) is 4.90 Å². The van der Waals surface area contributed by atoms with Crippen molar-refractivity contribution in [2.75, 3.05) is 38.1 Å². The first kappa shape index (κ1) is 27.6. The van der Waals surface area contributed by atoms with E-state index in [-0.39, 0.29) is 24.1 Å². The molecular formula is C32H40N6O2. The minimum Gasteiger partial charge on any atom is -0.361 e. The first-order chi connectivity index (χ1) is 19.2. The lowest BCUT2D eigenvalue weighted by atomic mass is 9.97. The highest BCUT2D eigenvalue weighted by molar-refractivity contribution is 6.09. The molecule has 1 saturated heterocycles. The molecule has 0 radical (unpaired) electrons. The Bertz CT molecular complexity index is 1580. The van der Waals surface area contributed by atoms with E-state index in [4.69, 9.17) is 4.98 Å². The molecule has 4 aromatic rings. The van der Waals surface area contributed by atoms with E-state index in [2.05, 4.69) is 45.0 Å². The SMILES string of the molecule is CCc1cc(C)[nH]c(=O)c1CN(C(=O)c1cc(-c2ccc(N3CCN(C)CC3)nc2)cc2[nH]cc(C)c12)C(C)C. The van der Waals surface area contributed by atoms with Crippen molar-refractivity contribution in [2.24, 2.45) is 0 Å². The van der Waals surface area contributed by atoms with Gasteiger partial charge in [-0.15, -0.1) is 0 Å². The van der Waals surface area contributed by atoms with Crippen LogP contribution in [0.25, 0.3) is 22.0 Å². The van der Waals surface area contributed by atoms with Gasteiger partial charge in [0, 0.05) is 77.9 Å². The van der Waals surface area contributed by atoms with Crippen LogP contribution in [-0.2, 0) is 13.0 Å². The van der Waals surface area contributed by atoms with Crippen LogP contribution in [0.4, 0.5) is 5.82 Å². The van der Waals surface area contributed by atoms with Crippen molar-refractivity contribution in [3.05, 3.63) is 81.0 Å². The predicted molar refractivity (Wildman–Crippen MR) is 162 cm³/mol. The summed E-state index contributed by atoms with van der Waals surface area (Å²) in [5.74, 6) is 0.888. The van der Waals surface area contributed by atoms with E-state index in [1.807, 2.05) is 59.1 Å². The Morgan fingerprint density at radius 3 is 2.48 bits per heavy atom. The molecule has 1 aromatic carbocycles. The summed E-state index contributed by atoms with van der Waals surface area (Å²) in [5.41, 5.74) is 6.77. The first-order valence-corrected chi connectivity index (χ1v) is 14.2. The van der Waals surface area contributed by atoms with E-state index in [0.717, 1.165) is 77.3 Å². The quantitative estimate of drug-likeness (QED) is 0.348. The summed E-state index contributed by atoms with van der Waals surface area (Å²) in [6.07, 6.45) is 4.58. The monoisotopic (exact) mass is 540 g/mol. The molecule has 0 unspecified atom stereocenters. The third-order valence-corrected chi connectivity index (χ3v) is 8.07. The molecule has 0 bridgehead atoms. The van der Waals surface area contributed by atoms with Gasteiger partial charge in [0.1, 0.15) is 5.82 Å². The van der Waals surface area contributed by atoms with Crippen LogP contribution in [0.2, 0.25) is 0 Å². The van der Waals surface area contributed by atoms with Crippen LogP contribution < -0.4 is 10.5 Å². The number of likely N-dealkylation sites (N-methyl/N-ethyl adjacent to an activating group) is 1. The van der Waals surface area contributed by atoms with Crippen LogP contribution in [0.15, 0.2) is 47.5 Å². The molecule has 8 nitrogen and oxygen atoms in total. The molecule has 1 aliphatic heterocycles. The zero-order valence-corrected chi connectivity index (χ0v) is 24.5. The molecule has 1 fully saturated rings. The van der Waals surface area contributed by atoms with Gasteiger partial charge in [0.05, 0.1) is 6.54 Å². The fraction of sp³-hybridized carbons (Fsp3) is 0.406. The molecule has 0 spiro atoms. The molecule has 2 N–H and O–H groups in total. The fourth-order valence-corrected chi connectivity index (χ4v) is 5.64. The van der Waals surface area contributed by atoms with E-state index >= 15 is 0 Å². The zero-order valence-electron chi connectivity index (χ0n) is 24.5. The Labute approximate surface area is 236 Å². The summed E-state index contributed by atoms with van der Waals surface area (Å²) in [5, 5.41) is 0.912. The van der Waals surface area contributed by atoms with Gasteiger partial charge in [-0.25, -0.2) is 4.98 Å². The lowest BCUT2D eigenvalue weighted by Crippen LogP contribution is -2.44. The number of hydrogen-bond donors (Lipinski definition) is 2. The lowest BCUT2D eigenvalue weighted by molar-refractivity contribution is 0.0691.